The van der Waals surface area contributed by atoms with Gasteiger partial charge >= 0.3 is 0 Å². The number of para-hydroxylation sites is 1. The maximum atomic E-state index is 7.47. The first-order valence-electron chi connectivity index (χ1n) is 27.7. The molecule has 0 spiro atoms. The lowest BCUT2D eigenvalue weighted by atomic mass is 9.75. The predicted octanol–water partition coefficient (Wildman–Crippen LogP) is 19.5. The van der Waals surface area contributed by atoms with E-state index in [9.17, 15) is 0 Å². The number of anilines is 2. The SMILES string of the molecule is CC(C)(C)C1=C(C(C)(C)C)N(c2cc(C(C)(C)C)cc(C(C)(C)c3ccccc3)c2)CN1c1cc(Oc2cc(C(C)(C)c3ccccc3)c3c4ccccc4n(-c4cc(C(C)(C)C)ccn4)c3c2)cc(-c2ccccc2)c1. The summed E-state index contributed by atoms with van der Waals surface area (Å²) in [5.41, 5.74) is 15.7. The van der Waals surface area contributed by atoms with E-state index in [1.54, 1.807) is 0 Å². The minimum atomic E-state index is -0.402. The van der Waals surface area contributed by atoms with Gasteiger partial charge in [-0.1, -0.05) is 226 Å². The fourth-order valence-corrected chi connectivity index (χ4v) is 11.7. The molecular weight excluding hydrogens is 937 g/mol. The van der Waals surface area contributed by atoms with Crippen LogP contribution in [0.1, 0.15) is 144 Å². The Balaban J connectivity index is 1.19. The smallest absolute Gasteiger partial charge is 0.137 e. The molecular formula is C72H80N4O. The predicted molar refractivity (Wildman–Crippen MR) is 327 cm³/mol. The van der Waals surface area contributed by atoms with Crippen LogP contribution >= 0.6 is 0 Å². The van der Waals surface area contributed by atoms with Gasteiger partial charge in [0.25, 0.3) is 0 Å². The second-order valence-corrected chi connectivity index (χ2v) is 26.7. The fraction of sp³-hybridized carbons (Fsp3) is 0.319. The van der Waals surface area contributed by atoms with Crippen molar-refractivity contribution in [1.29, 1.82) is 0 Å². The minimum absolute atomic E-state index is 0.0621. The number of hydrogen-bond donors (Lipinski definition) is 0. The lowest BCUT2D eigenvalue weighted by Gasteiger charge is -2.35. The Morgan fingerprint density at radius 1 is 0.390 bits per heavy atom. The van der Waals surface area contributed by atoms with Crippen LogP contribution in [-0.4, -0.2) is 16.2 Å². The van der Waals surface area contributed by atoms with Gasteiger partial charge < -0.3 is 14.5 Å². The molecule has 0 radical (unpaired) electrons. The fourth-order valence-electron chi connectivity index (χ4n) is 11.7. The quantitative estimate of drug-likeness (QED) is 0.137. The standard InChI is InChI=1S/C72H80N4O/c1-67(2,3)52-36-37-73-63(43-52)76-61-35-27-26-34-59(61)64-60(72(15,16)51-32-24-19-25-33-51)45-58(46-62(64)76)77-57-39-49(48-28-20-17-21-29-48)38-55(44-57)74-47-75(66(70(10,11)12)65(74)69(7,8)9)56-41-53(68(4,5)6)40-54(42-56)71(13,14)50-30-22-18-23-31-50/h17-46H,47H2,1-16H3. The minimum Gasteiger partial charge on any atom is -0.457 e. The highest BCUT2D eigenvalue weighted by Gasteiger charge is 2.43. The van der Waals surface area contributed by atoms with Crippen LogP contribution in [0.2, 0.25) is 0 Å². The molecule has 3 heterocycles. The van der Waals surface area contributed by atoms with E-state index in [1.807, 2.05) is 6.20 Å². The van der Waals surface area contributed by atoms with Crippen molar-refractivity contribution in [3.8, 4) is 28.4 Å². The number of ether oxygens (including phenoxy) is 1. The van der Waals surface area contributed by atoms with Crippen molar-refractivity contribution in [2.75, 3.05) is 16.5 Å². The molecule has 0 saturated heterocycles. The van der Waals surface area contributed by atoms with Crippen LogP contribution in [0, 0.1) is 10.8 Å². The van der Waals surface area contributed by atoms with Crippen molar-refractivity contribution in [3.05, 3.63) is 227 Å². The maximum Gasteiger partial charge on any atom is 0.137 e. The zero-order chi connectivity index (χ0) is 55.0. The van der Waals surface area contributed by atoms with Gasteiger partial charge in [0.1, 0.15) is 17.3 Å². The summed E-state index contributed by atoms with van der Waals surface area (Å²) in [6.45, 7) is 38.1. The Morgan fingerprint density at radius 3 is 1.49 bits per heavy atom. The Morgan fingerprint density at radius 2 is 0.909 bits per heavy atom. The van der Waals surface area contributed by atoms with Crippen LogP contribution in [0.15, 0.2) is 194 Å². The van der Waals surface area contributed by atoms with E-state index in [-0.39, 0.29) is 27.1 Å². The third kappa shape index (κ3) is 10.1. The molecule has 5 heteroatoms. The molecule has 1 aliphatic heterocycles. The highest BCUT2D eigenvalue weighted by atomic mass is 16.5. The molecule has 5 nitrogen and oxygen atoms in total. The summed E-state index contributed by atoms with van der Waals surface area (Å²) in [5, 5.41) is 2.38. The summed E-state index contributed by atoms with van der Waals surface area (Å²) in [5.74, 6) is 2.42. The van der Waals surface area contributed by atoms with Crippen molar-refractivity contribution >= 4 is 33.2 Å². The van der Waals surface area contributed by atoms with Gasteiger partial charge in [0.2, 0.25) is 0 Å². The van der Waals surface area contributed by atoms with Gasteiger partial charge in [0.05, 0.1) is 17.7 Å². The molecule has 0 unspecified atom stereocenters. The number of aromatic nitrogens is 2. The summed E-state index contributed by atoms with van der Waals surface area (Å²) in [6, 6.07) is 64.6. The molecule has 9 aromatic rings. The van der Waals surface area contributed by atoms with E-state index in [4.69, 9.17) is 9.72 Å². The number of pyridine rings is 1. The molecule has 2 aromatic heterocycles. The van der Waals surface area contributed by atoms with Crippen molar-refractivity contribution in [3.63, 3.8) is 0 Å². The normalized spacial score (nSPS) is 14.1. The van der Waals surface area contributed by atoms with Crippen molar-refractivity contribution < 1.29 is 4.74 Å². The van der Waals surface area contributed by atoms with Gasteiger partial charge in [-0.2, -0.15) is 0 Å². The number of allylic oxidation sites excluding steroid dienone is 2. The van der Waals surface area contributed by atoms with Crippen LogP contribution < -0.4 is 14.5 Å². The lowest BCUT2D eigenvalue weighted by Crippen LogP contribution is -2.32. The molecule has 0 amide bonds. The molecule has 0 fully saturated rings. The van der Waals surface area contributed by atoms with Crippen LogP contribution in [-0.2, 0) is 21.7 Å². The zero-order valence-corrected chi connectivity index (χ0v) is 48.7. The molecule has 0 atom stereocenters. The Hall–Kier alpha value is -7.37. The molecule has 0 bridgehead atoms. The first-order valence-corrected chi connectivity index (χ1v) is 27.7. The summed E-state index contributed by atoms with van der Waals surface area (Å²) in [4.78, 5) is 10.3. The number of benzene rings is 7. The van der Waals surface area contributed by atoms with Gasteiger partial charge in [-0.25, -0.2) is 4.98 Å². The summed E-state index contributed by atoms with van der Waals surface area (Å²) < 4.78 is 9.81. The first kappa shape index (κ1) is 53.0. The monoisotopic (exact) mass is 1020 g/mol. The molecule has 0 saturated carbocycles. The van der Waals surface area contributed by atoms with E-state index >= 15 is 0 Å². The second kappa shape index (κ2) is 19.3. The van der Waals surface area contributed by atoms with Crippen molar-refractivity contribution in [2.45, 2.75) is 132 Å². The van der Waals surface area contributed by atoms with Crippen molar-refractivity contribution in [1.82, 2.24) is 9.55 Å². The summed E-state index contributed by atoms with van der Waals surface area (Å²) in [7, 11) is 0. The number of fused-ring (bicyclic) bond motifs is 3. The molecule has 1 aliphatic rings. The van der Waals surface area contributed by atoms with Crippen molar-refractivity contribution in [2.24, 2.45) is 10.8 Å². The summed E-state index contributed by atoms with van der Waals surface area (Å²) >= 11 is 0. The van der Waals surface area contributed by atoms with Crippen LogP contribution in [0.3, 0.4) is 0 Å². The molecule has 394 valence electrons. The number of nitrogens with zero attached hydrogens (tertiary/aromatic N) is 4. The van der Waals surface area contributed by atoms with Gasteiger partial charge in [-0.3, -0.25) is 4.57 Å². The molecule has 0 N–H and O–H groups in total. The van der Waals surface area contributed by atoms with E-state index in [0.717, 1.165) is 45.2 Å². The van der Waals surface area contributed by atoms with Crippen LogP contribution in [0.5, 0.6) is 11.5 Å². The molecule has 77 heavy (non-hydrogen) atoms. The van der Waals surface area contributed by atoms with Gasteiger partial charge in [0, 0.05) is 73.5 Å². The van der Waals surface area contributed by atoms with Gasteiger partial charge in [-0.05, 0) is 104 Å². The first-order chi connectivity index (χ1) is 36.2. The third-order valence-electron chi connectivity index (χ3n) is 16.1. The van der Waals surface area contributed by atoms with E-state index in [0.29, 0.717) is 6.67 Å². The van der Waals surface area contributed by atoms with E-state index < -0.39 is 5.41 Å². The Kier molecular flexibility index (Phi) is 13.3. The highest BCUT2D eigenvalue weighted by molar-refractivity contribution is 6.12. The average Bonchev–Trinajstić information content (AvgIpc) is 4.08. The third-order valence-corrected chi connectivity index (χ3v) is 16.1. The topological polar surface area (TPSA) is 33.5 Å². The molecule has 0 aliphatic carbocycles. The largest absolute Gasteiger partial charge is 0.457 e. The number of rotatable bonds is 10. The van der Waals surface area contributed by atoms with E-state index in [2.05, 4.69) is 301 Å². The zero-order valence-electron chi connectivity index (χ0n) is 48.7. The average molecular weight is 1020 g/mol. The second-order valence-electron chi connectivity index (χ2n) is 26.7. The number of hydrogen-bond acceptors (Lipinski definition) is 4. The van der Waals surface area contributed by atoms with Gasteiger partial charge in [-0.15, -0.1) is 0 Å². The van der Waals surface area contributed by atoms with Crippen LogP contribution in [0.4, 0.5) is 11.4 Å². The lowest BCUT2D eigenvalue weighted by molar-refractivity contribution is 0.444. The highest BCUT2D eigenvalue weighted by Crippen LogP contribution is 2.51. The summed E-state index contributed by atoms with van der Waals surface area (Å²) in [6.07, 6.45) is 1.96. The van der Waals surface area contributed by atoms with Gasteiger partial charge in [0.15, 0.2) is 0 Å². The maximum absolute atomic E-state index is 7.47. The molecule has 7 aromatic carbocycles. The van der Waals surface area contributed by atoms with E-state index in [1.165, 1.54) is 61.2 Å². The molecule has 10 rings (SSSR count). The Labute approximate surface area is 460 Å². The Bertz CT molecular complexity index is 3660. The van der Waals surface area contributed by atoms with Crippen LogP contribution in [0.25, 0.3) is 38.8 Å².